The summed E-state index contributed by atoms with van der Waals surface area (Å²) < 4.78 is 14.9. The molecule has 1 aliphatic carbocycles. The molecule has 0 unspecified atom stereocenters. The molecule has 8 aromatic carbocycles. The molecule has 0 spiro atoms. The molecular weight excluding hydrogens is 676 g/mol. The van der Waals surface area contributed by atoms with Crippen molar-refractivity contribution in [3.05, 3.63) is 187 Å². The summed E-state index contributed by atoms with van der Waals surface area (Å²) in [5.41, 5.74) is 11.0. The zero-order valence-electron chi connectivity index (χ0n) is 31.4. The second-order valence-corrected chi connectivity index (χ2v) is 21.1. The summed E-state index contributed by atoms with van der Waals surface area (Å²) in [6, 6.07) is 59.8. The molecule has 54 heavy (non-hydrogen) atoms. The Labute approximate surface area is 318 Å². The molecule has 0 saturated carbocycles. The minimum Gasteiger partial charge on any atom is -0.310 e. The Morgan fingerprint density at radius 2 is 1.04 bits per heavy atom. The fourth-order valence-corrected chi connectivity index (χ4v) is 9.60. The van der Waals surface area contributed by atoms with Gasteiger partial charge in [-0.25, -0.2) is 4.39 Å². The third-order valence-corrected chi connectivity index (χ3v) is 13.3. The van der Waals surface area contributed by atoms with Crippen LogP contribution in [-0.2, 0) is 5.41 Å². The standard InChI is InChI=1S/C50H43FN2Si/c1-50(2)45-32-39(53(38-20-14-17-35(51)31-38)47-24-13-16-34-15-9-10-21-41(34)47)27-30-44(45)49-43-23-12-11-22-42(43)48(33-46(49)50)52(36-18-7-6-8-19-36)37-25-28-40(29-26-37)54(3,4)5/h6-33H,1-5H3. The van der Waals surface area contributed by atoms with E-state index in [2.05, 4.69) is 189 Å². The molecule has 0 radical (unpaired) electrons. The maximum atomic E-state index is 14.9. The van der Waals surface area contributed by atoms with E-state index in [1.165, 1.54) is 44.3 Å². The lowest BCUT2D eigenvalue weighted by Gasteiger charge is -2.30. The Morgan fingerprint density at radius 1 is 0.463 bits per heavy atom. The van der Waals surface area contributed by atoms with E-state index >= 15 is 0 Å². The number of rotatable bonds is 7. The summed E-state index contributed by atoms with van der Waals surface area (Å²) in [5.74, 6) is -0.260. The van der Waals surface area contributed by atoms with Crippen LogP contribution in [0.5, 0.6) is 0 Å². The van der Waals surface area contributed by atoms with Crippen molar-refractivity contribution in [2.45, 2.75) is 38.9 Å². The molecular formula is C50H43FN2Si. The lowest BCUT2D eigenvalue weighted by molar-refractivity contribution is 0.628. The summed E-state index contributed by atoms with van der Waals surface area (Å²) in [5, 5.41) is 6.14. The topological polar surface area (TPSA) is 6.48 Å². The molecule has 1 aliphatic rings. The number of halogens is 1. The van der Waals surface area contributed by atoms with E-state index in [4.69, 9.17) is 0 Å². The Morgan fingerprint density at radius 3 is 1.78 bits per heavy atom. The van der Waals surface area contributed by atoms with Crippen LogP contribution in [0.25, 0.3) is 32.7 Å². The van der Waals surface area contributed by atoms with E-state index in [1.54, 1.807) is 12.1 Å². The van der Waals surface area contributed by atoms with Gasteiger partial charge in [0.1, 0.15) is 5.82 Å². The number of fused-ring (bicyclic) bond motifs is 6. The predicted octanol–water partition coefficient (Wildman–Crippen LogP) is 13.9. The highest BCUT2D eigenvalue weighted by molar-refractivity contribution is 6.88. The van der Waals surface area contributed by atoms with Gasteiger partial charge in [0.25, 0.3) is 0 Å². The van der Waals surface area contributed by atoms with Gasteiger partial charge >= 0.3 is 0 Å². The van der Waals surface area contributed by atoms with Gasteiger partial charge < -0.3 is 9.80 Å². The SMILES string of the molecule is CC1(C)c2cc(N(c3cccc(F)c3)c3cccc4ccccc34)ccc2-c2c1cc(N(c1ccccc1)c1ccc([Si](C)(C)C)cc1)c1ccccc21. The maximum absolute atomic E-state index is 14.9. The van der Waals surface area contributed by atoms with Crippen LogP contribution in [0.3, 0.4) is 0 Å². The van der Waals surface area contributed by atoms with Crippen molar-refractivity contribution in [2.75, 3.05) is 9.80 Å². The molecule has 2 nitrogen and oxygen atoms in total. The number of para-hydroxylation sites is 1. The molecule has 0 N–H and O–H groups in total. The number of benzene rings is 8. The summed E-state index contributed by atoms with van der Waals surface area (Å²) >= 11 is 0. The van der Waals surface area contributed by atoms with Crippen LogP contribution in [0.15, 0.2) is 170 Å². The summed E-state index contributed by atoms with van der Waals surface area (Å²) in [4.78, 5) is 4.63. The lowest BCUT2D eigenvalue weighted by atomic mass is 9.81. The normalized spacial score (nSPS) is 13.1. The van der Waals surface area contributed by atoms with Gasteiger partial charge in [-0.3, -0.25) is 0 Å². The molecule has 4 heteroatoms. The van der Waals surface area contributed by atoms with Crippen LogP contribution in [0.1, 0.15) is 25.0 Å². The molecule has 264 valence electrons. The van der Waals surface area contributed by atoms with E-state index in [-0.39, 0.29) is 11.2 Å². The van der Waals surface area contributed by atoms with E-state index in [1.807, 2.05) is 6.07 Å². The Balaban J connectivity index is 1.25. The highest BCUT2D eigenvalue weighted by Crippen LogP contribution is 2.56. The number of anilines is 6. The largest absolute Gasteiger partial charge is 0.310 e. The van der Waals surface area contributed by atoms with Crippen molar-refractivity contribution in [2.24, 2.45) is 0 Å². The molecule has 0 fully saturated rings. The molecule has 0 atom stereocenters. The van der Waals surface area contributed by atoms with Crippen LogP contribution in [0, 0.1) is 5.82 Å². The smallest absolute Gasteiger partial charge is 0.125 e. The van der Waals surface area contributed by atoms with E-state index in [0.29, 0.717) is 0 Å². The average Bonchev–Trinajstić information content (AvgIpc) is 3.41. The minimum absolute atomic E-state index is 0.260. The maximum Gasteiger partial charge on any atom is 0.125 e. The molecule has 0 saturated heterocycles. The first-order valence-electron chi connectivity index (χ1n) is 18.8. The predicted molar refractivity (Wildman–Crippen MR) is 231 cm³/mol. The van der Waals surface area contributed by atoms with Crippen molar-refractivity contribution >= 4 is 68.9 Å². The highest BCUT2D eigenvalue weighted by atomic mass is 28.3. The van der Waals surface area contributed by atoms with Gasteiger partial charge in [0, 0.05) is 38.9 Å². The monoisotopic (exact) mass is 718 g/mol. The van der Waals surface area contributed by atoms with Crippen molar-refractivity contribution < 1.29 is 4.39 Å². The van der Waals surface area contributed by atoms with Gasteiger partial charge in [0.15, 0.2) is 0 Å². The summed E-state index contributed by atoms with van der Waals surface area (Å²) in [7, 11) is -1.48. The zero-order chi connectivity index (χ0) is 37.2. The number of hydrogen-bond acceptors (Lipinski definition) is 2. The van der Waals surface area contributed by atoms with E-state index < -0.39 is 8.07 Å². The first-order chi connectivity index (χ1) is 26.1. The lowest BCUT2D eigenvalue weighted by Crippen LogP contribution is -2.37. The van der Waals surface area contributed by atoms with Gasteiger partial charge in [-0.05, 0) is 99.8 Å². The summed E-state index contributed by atoms with van der Waals surface area (Å²) in [6.45, 7) is 11.9. The molecule has 9 rings (SSSR count). The Kier molecular flexibility index (Phi) is 8.06. The van der Waals surface area contributed by atoms with Crippen molar-refractivity contribution in [1.82, 2.24) is 0 Å². The first-order valence-corrected chi connectivity index (χ1v) is 22.3. The van der Waals surface area contributed by atoms with Crippen molar-refractivity contribution in [1.29, 1.82) is 0 Å². The van der Waals surface area contributed by atoms with Crippen LogP contribution < -0.4 is 15.0 Å². The molecule has 0 heterocycles. The van der Waals surface area contributed by atoms with Crippen molar-refractivity contribution in [3.63, 3.8) is 0 Å². The van der Waals surface area contributed by atoms with Gasteiger partial charge in [0.2, 0.25) is 0 Å². The molecule has 0 aliphatic heterocycles. The molecule has 0 amide bonds. The first kappa shape index (κ1) is 33.8. The fraction of sp³-hybridized carbons (Fsp3) is 0.120. The third-order valence-electron chi connectivity index (χ3n) is 11.2. The van der Waals surface area contributed by atoms with E-state index in [0.717, 1.165) is 44.9 Å². The van der Waals surface area contributed by atoms with Crippen molar-refractivity contribution in [3.8, 4) is 11.1 Å². The van der Waals surface area contributed by atoms with Crippen LogP contribution in [-0.4, -0.2) is 8.07 Å². The molecule has 8 aromatic rings. The van der Waals surface area contributed by atoms with Crippen LogP contribution in [0.2, 0.25) is 19.6 Å². The summed E-state index contributed by atoms with van der Waals surface area (Å²) in [6.07, 6.45) is 0. The highest BCUT2D eigenvalue weighted by Gasteiger charge is 2.38. The third kappa shape index (κ3) is 5.61. The quantitative estimate of drug-likeness (QED) is 0.151. The Bertz CT molecular complexity index is 2690. The Hall–Kier alpha value is -5.97. The average molecular weight is 719 g/mol. The van der Waals surface area contributed by atoms with Gasteiger partial charge in [0.05, 0.1) is 19.4 Å². The number of hydrogen-bond donors (Lipinski definition) is 0. The van der Waals surface area contributed by atoms with E-state index in [9.17, 15) is 4.39 Å². The van der Waals surface area contributed by atoms with Gasteiger partial charge in [-0.15, -0.1) is 0 Å². The van der Waals surface area contributed by atoms with Gasteiger partial charge in [-0.2, -0.15) is 0 Å². The number of nitrogens with zero attached hydrogens (tertiary/aromatic N) is 2. The fourth-order valence-electron chi connectivity index (χ4n) is 8.44. The minimum atomic E-state index is -1.48. The van der Waals surface area contributed by atoms with Crippen LogP contribution >= 0.6 is 0 Å². The molecule has 0 bridgehead atoms. The second-order valence-electron chi connectivity index (χ2n) is 16.0. The van der Waals surface area contributed by atoms with Crippen LogP contribution in [0.4, 0.5) is 38.5 Å². The second kappa shape index (κ2) is 12.9. The molecule has 0 aromatic heterocycles. The van der Waals surface area contributed by atoms with Gasteiger partial charge in [-0.1, -0.05) is 142 Å². The zero-order valence-corrected chi connectivity index (χ0v) is 32.4.